The molecule has 0 aromatic rings. The molecule has 14 heavy (non-hydrogen) atoms. The van der Waals surface area contributed by atoms with Crippen LogP contribution in [0.15, 0.2) is 12.2 Å². The number of carbonyl (C=O) groups excluding carboxylic acids is 1. The number of aliphatic hydroxyl groups is 1. The van der Waals surface area contributed by atoms with Crippen molar-refractivity contribution in [2.24, 2.45) is 0 Å². The molecule has 0 aromatic carbocycles. The summed E-state index contributed by atoms with van der Waals surface area (Å²) < 4.78 is 5.48. The molecule has 0 aliphatic heterocycles. The van der Waals surface area contributed by atoms with Gasteiger partial charge in [0.05, 0.1) is 12.7 Å². The third-order valence-electron chi connectivity index (χ3n) is 1.63. The van der Waals surface area contributed by atoms with Gasteiger partial charge in [0.15, 0.2) is 0 Å². The van der Waals surface area contributed by atoms with Crippen LogP contribution in [0.4, 0.5) is 0 Å². The average molecular weight is 312 g/mol. The molecule has 0 spiro atoms. The molecule has 0 saturated heterocycles. The first kappa shape index (κ1) is 13.9. The first-order valence-electron chi connectivity index (χ1n) is 4.78. The number of ether oxygens (including phenoxy) is 1. The summed E-state index contributed by atoms with van der Waals surface area (Å²) in [6.45, 7) is 2.19. The Kier molecular flexibility index (Phi) is 9.39. The van der Waals surface area contributed by atoms with Gasteiger partial charge in [-0.15, -0.1) is 0 Å². The maximum atomic E-state index is 10.8. The standard InChI is InChI=1S/C10H17IO3/c1-2-14-10(13)7-5-3-4-6-9(12)8-11/h5,7,9,12H,2-4,6,8H2,1H3/b7-5+. The second-order valence-corrected chi connectivity index (χ2v) is 3.77. The van der Waals surface area contributed by atoms with E-state index in [1.165, 1.54) is 6.08 Å². The van der Waals surface area contributed by atoms with Crippen molar-refractivity contribution in [1.82, 2.24) is 0 Å². The highest BCUT2D eigenvalue weighted by Crippen LogP contribution is 2.04. The lowest BCUT2D eigenvalue weighted by Crippen LogP contribution is -2.06. The summed E-state index contributed by atoms with van der Waals surface area (Å²) in [5.74, 6) is -0.290. The Morgan fingerprint density at radius 1 is 1.64 bits per heavy atom. The maximum absolute atomic E-state index is 10.8. The van der Waals surface area contributed by atoms with E-state index in [2.05, 4.69) is 22.6 Å². The number of rotatable bonds is 7. The molecule has 0 saturated carbocycles. The van der Waals surface area contributed by atoms with Crippen LogP contribution in [0, 0.1) is 0 Å². The van der Waals surface area contributed by atoms with E-state index in [9.17, 15) is 9.90 Å². The van der Waals surface area contributed by atoms with E-state index >= 15 is 0 Å². The van der Waals surface area contributed by atoms with Crippen LogP contribution in [0.25, 0.3) is 0 Å². The van der Waals surface area contributed by atoms with Crippen molar-refractivity contribution in [3.63, 3.8) is 0 Å². The van der Waals surface area contributed by atoms with Gasteiger partial charge in [0.25, 0.3) is 0 Å². The van der Waals surface area contributed by atoms with Crippen LogP contribution < -0.4 is 0 Å². The second kappa shape index (κ2) is 9.45. The van der Waals surface area contributed by atoms with Gasteiger partial charge in [-0.2, -0.15) is 0 Å². The second-order valence-electron chi connectivity index (χ2n) is 2.89. The molecule has 4 heteroatoms. The van der Waals surface area contributed by atoms with Crippen LogP contribution in [0.5, 0.6) is 0 Å². The van der Waals surface area contributed by atoms with Crippen molar-refractivity contribution >= 4 is 28.6 Å². The Hall–Kier alpha value is -0.100. The van der Waals surface area contributed by atoms with Crippen molar-refractivity contribution < 1.29 is 14.6 Å². The van der Waals surface area contributed by atoms with E-state index in [-0.39, 0.29) is 12.1 Å². The number of carbonyl (C=O) groups is 1. The van der Waals surface area contributed by atoms with E-state index in [4.69, 9.17) is 4.74 Å². The molecular weight excluding hydrogens is 295 g/mol. The lowest BCUT2D eigenvalue weighted by Gasteiger charge is -2.03. The number of alkyl halides is 1. The highest BCUT2D eigenvalue weighted by molar-refractivity contribution is 14.1. The smallest absolute Gasteiger partial charge is 0.330 e. The zero-order chi connectivity index (χ0) is 10.8. The largest absolute Gasteiger partial charge is 0.463 e. The van der Waals surface area contributed by atoms with Crippen LogP contribution in [0.2, 0.25) is 0 Å². The molecule has 0 fully saturated rings. The third kappa shape index (κ3) is 8.50. The summed E-state index contributed by atoms with van der Waals surface area (Å²) in [6, 6.07) is 0. The van der Waals surface area contributed by atoms with Gasteiger partial charge in [-0.3, -0.25) is 0 Å². The van der Waals surface area contributed by atoms with E-state index < -0.39 is 0 Å². The first-order valence-corrected chi connectivity index (χ1v) is 6.30. The summed E-state index contributed by atoms with van der Waals surface area (Å²) in [6.07, 6.45) is 5.52. The van der Waals surface area contributed by atoms with Gasteiger partial charge in [0, 0.05) is 10.5 Å². The predicted octanol–water partition coefficient (Wildman–Crippen LogP) is 2.07. The molecule has 1 atom stereocenters. The molecular formula is C10H17IO3. The van der Waals surface area contributed by atoms with Gasteiger partial charge in [-0.1, -0.05) is 28.7 Å². The van der Waals surface area contributed by atoms with E-state index in [0.29, 0.717) is 6.61 Å². The molecule has 3 nitrogen and oxygen atoms in total. The Morgan fingerprint density at radius 2 is 2.36 bits per heavy atom. The molecule has 0 amide bonds. The molecule has 0 rings (SSSR count). The van der Waals surface area contributed by atoms with Crippen LogP contribution in [0.3, 0.4) is 0 Å². The van der Waals surface area contributed by atoms with Crippen molar-refractivity contribution in [2.75, 3.05) is 11.0 Å². The van der Waals surface area contributed by atoms with Crippen molar-refractivity contribution in [2.45, 2.75) is 32.3 Å². The van der Waals surface area contributed by atoms with Gasteiger partial charge < -0.3 is 9.84 Å². The van der Waals surface area contributed by atoms with Gasteiger partial charge >= 0.3 is 5.97 Å². The molecule has 0 radical (unpaired) electrons. The fourth-order valence-corrected chi connectivity index (χ4v) is 1.36. The molecule has 0 bridgehead atoms. The highest BCUT2D eigenvalue weighted by Gasteiger charge is 1.99. The summed E-state index contributed by atoms with van der Waals surface area (Å²) in [5, 5.41) is 9.23. The minimum atomic E-state index is -0.290. The molecule has 0 heterocycles. The SMILES string of the molecule is CCOC(=O)/C=C/CCCC(O)CI. The van der Waals surface area contributed by atoms with E-state index in [0.717, 1.165) is 23.7 Å². The van der Waals surface area contributed by atoms with Crippen LogP contribution in [0.1, 0.15) is 26.2 Å². The minimum Gasteiger partial charge on any atom is -0.463 e. The minimum absolute atomic E-state index is 0.216. The van der Waals surface area contributed by atoms with Gasteiger partial charge in [0.1, 0.15) is 0 Å². The summed E-state index contributed by atoms with van der Waals surface area (Å²) in [4.78, 5) is 10.8. The number of esters is 1. The number of hydrogen-bond donors (Lipinski definition) is 1. The first-order chi connectivity index (χ1) is 6.70. The van der Waals surface area contributed by atoms with Crippen molar-refractivity contribution in [3.05, 3.63) is 12.2 Å². The summed E-state index contributed by atoms with van der Waals surface area (Å²) >= 11 is 2.15. The predicted molar refractivity (Wildman–Crippen MR) is 64.5 cm³/mol. The quantitative estimate of drug-likeness (QED) is 0.257. The summed E-state index contributed by atoms with van der Waals surface area (Å²) in [7, 11) is 0. The van der Waals surface area contributed by atoms with E-state index in [1.807, 2.05) is 0 Å². The molecule has 0 aliphatic carbocycles. The van der Waals surface area contributed by atoms with Crippen LogP contribution >= 0.6 is 22.6 Å². The third-order valence-corrected chi connectivity index (χ3v) is 2.64. The average Bonchev–Trinajstić information content (AvgIpc) is 2.17. The normalized spacial score (nSPS) is 13.1. The molecule has 0 aromatic heterocycles. The lowest BCUT2D eigenvalue weighted by molar-refractivity contribution is -0.137. The van der Waals surface area contributed by atoms with Gasteiger partial charge in [0.2, 0.25) is 0 Å². The van der Waals surface area contributed by atoms with Gasteiger partial charge in [-0.05, 0) is 26.2 Å². The van der Waals surface area contributed by atoms with Crippen LogP contribution in [-0.2, 0) is 9.53 Å². The Morgan fingerprint density at radius 3 is 2.93 bits per heavy atom. The number of halogens is 1. The number of hydrogen-bond acceptors (Lipinski definition) is 3. The molecule has 1 N–H and O–H groups in total. The lowest BCUT2D eigenvalue weighted by atomic mass is 10.2. The number of unbranched alkanes of at least 4 members (excludes halogenated alkanes) is 1. The van der Waals surface area contributed by atoms with Crippen LogP contribution in [-0.4, -0.2) is 28.2 Å². The van der Waals surface area contributed by atoms with Gasteiger partial charge in [-0.25, -0.2) is 4.79 Å². The topological polar surface area (TPSA) is 46.5 Å². The molecule has 1 unspecified atom stereocenters. The van der Waals surface area contributed by atoms with Crippen molar-refractivity contribution in [1.29, 1.82) is 0 Å². The molecule has 82 valence electrons. The summed E-state index contributed by atoms with van der Waals surface area (Å²) in [5.41, 5.74) is 0. The number of allylic oxidation sites excluding steroid dienone is 1. The van der Waals surface area contributed by atoms with Crippen molar-refractivity contribution in [3.8, 4) is 0 Å². The monoisotopic (exact) mass is 312 g/mol. The highest BCUT2D eigenvalue weighted by atomic mass is 127. The number of aliphatic hydroxyl groups excluding tert-OH is 1. The zero-order valence-electron chi connectivity index (χ0n) is 8.41. The molecule has 0 aliphatic rings. The fraction of sp³-hybridized carbons (Fsp3) is 0.700. The Bertz CT molecular complexity index is 180. The maximum Gasteiger partial charge on any atom is 0.330 e. The Labute approximate surface area is 98.7 Å². The Balaban J connectivity index is 3.39. The zero-order valence-corrected chi connectivity index (χ0v) is 10.6. The fourth-order valence-electron chi connectivity index (χ4n) is 0.918. The van der Waals surface area contributed by atoms with E-state index in [1.54, 1.807) is 13.0 Å².